The molecule has 0 amide bonds. The first-order chi connectivity index (χ1) is 15.6. The Morgan fingerprint density at radius 1 is 1.12 bits per heavy atom. The molecule has 3 aromatic rings. The van der Waals surface area contributed by atoms with Gasteiger partial charge >= 0.3 is 0 Å². The number of aryl methyl sites for hydroxylation is 2. The summed E-state index contributed by atoms with van der Waals surface area (Å²) in [6, 6.07) is 10.3. The standard InChI is InChI=1S/C26H35N5O2/c1-18(2)21-7-9-22(10-8-21)26(32,25(5)16-30(6)17-25)23-13-24(15-27-14-23)33-12-11-31-20(4)28-19(3)29-31/h7-10,13-15,18,32H,11-12,16-17H2,1-6H3/t26-/m0/s1. The minimum Gasteiger partial charge on any atom is -0.490 e. The van der Waals surface area contributed by atoms with Crippen molar-refractivity contribution in [3.05, 3.63) is 71.1 Å². The molecule has 0 saturated carbocycles. The van der Waals surface area contributed by atoms with Crippen molar-refractivity contribution in [2.75, 3.05) is 26.7 Å². The summed E-state index contributed by atoms with van der Waals surface area (Å²) < 4.78 is 7.85. The van der Waals surface area contributed by atoms with Crippen LogP contribution in [0, 0.1) is 19.3 Å². The van der Waals surface area contributed by atoms with E-state index in [1.807, 2.05) is 24.6 Å². The van der Waals surface area contributed by atoms with Crippen LogP contribution >= 0.6 is 0 Å². The van der Waals surface area contributed by atoms with E-state index in [0.29, 0.717) is 24.8 Å². The van der Waals surface area contributed by atoms with E-state index < -0.39 is 5.60 Å². The van der Waals surface area contributed by atoms with Gasteiger partial charge in [-0.2, -0.15) is 5.10 Å². The SMILES string of the molecule is Cc1nc(C)n(CCOc2cncc([C@@](O)(c3ccc(C(C)C)cc3)C3(C)CN(C)C3)c2)n1. The molecule has 1 fully saturated rings. The van der Waals surface area contributed by atoms with Gasteiger partial charge in [0.2, 0.25) is 0 Å². The van der Waals surface area contributed by atoms with E-state index >= 15 is 0 Å². The van der Waals surface area contributed by atoms with Crippen LogP contribution in [0.15, 0.2) is 42.7 Å². The lowest BCUT2D eigenvalue weighted by molar-refractivity contribution is -0.127. The molecule has 0 aliphatic carbocycles. The Balaban J connectivity index is 1.61. The van der Waals surface area contributed by atoms with Crippen LogP contribution in [0.3, 0.4) is 0 Å². The molecule has 7 nitrogen and oxygen atoms in total. The summed E-state index contributed by atoms with van der Waals surface area (Å²) in [5.74, 6) is 2.69. The maximum Gasteiger partial charge on any atom is 0.147 e. The van der Waals surface area contributed by atoms with Crippen molar-refractivity contribution < 1.29 is 9.84 Å². The number of likely N-dealkylation sites (tertiary alicyclic amines) is 1. The molecule has 1 aliphatic heterocycles. The number of benzene rings is 1. The Kier molecular flexibility index (Phi) is 6.29. The number of ether oxygens (including phenoxy) is 1. The van der Waals surface area contributed by atoms with Gasteiger partial charge in [0, 0.05) is 30.3 Å². The highest BCUT2D eigenvalue weighted by Crippen LogP contribution is 2.50. The molecule has 1 atom stereocenters. The van der Waals surface area contributed by atoms with Crippen molar-refractivity contribution in [1.29, 1.82) is 0 Å². The van der Waals surface area contributed by atoms with Crippen molar-refractivity contribution in [3.63, 3.8) is 0 Å². The number of nitrogens with zero attached hydrogens (tertiary/aromatic N) is 5. The molecule has 0 unspecified atom stereocenters. The number of aliphatic hydroxyl groups is 1. The summed E-state index contributed by atoms with van der Waals surface area (Å²) in [6.07, 6.45) is 3.46. The maximum atomic E-state index is 12.3. The molecule has 1 aliphatic rings. The van der Waals surface area contributed by atoms with Crippen LogP contribution in [0.5, 0.6) is 5.75 Å². The van der Waals surface area contributed by atoms with E-state index in [4.69, 9.17) is 4.74 Å². The third kappa shape index (κ3) is 4.39. The zero-order valence-corrected chi connectivity index (χ0v) is 20.5. The fraction of sp³-hybridized carbons (Fsp3) is 0.500. The molecule has 1 aromatic carbocycles. The zero-order valence-electron chi connectivity index (χ0n) is 20.5. The zero-order chi connectivity index (χ0) is 23.8. The van der Waals surface area contributed by atoms with Crippen LogP contribution in [-0.2, 0) is 12.1 Å². The maximum absolute atomic E-state index is 12.3. The van der Waals surface area contributed by atoms with Crippen LogP contribution in [0.2, 0.25) is 0 Å². The van der Waals surface area contributed by atoms with Gasteiger partial charge in [0.25, 0.3) is 0 Å². The van der Waals surface area contributed by atoms with Crippen LogP contribution in [0.25, 0.3) is 0 Å². The molecular weight excluding hydrogens is 414 g/mol. The van der Waals surface area contributed by atoms with Crippen molar-refractivity contribution >= 4 is 0 Å². The minimum absolute atomic E-state index is 0.337. The van der Waals surface area contributed by atoms with Gasteiger partial charge in [-0.15, -0.1) is 0 Å². The molecule has 2 aromatic heterocycles. The molecule has 7 heteroatoms. The van der Waals surface area contributed by atoms with Gasteiger partial charge in [-0.05, 0) is 44.0 Å². The molecule has 0 bridgehead atoms. The molecule has 33 heavy (non-hydrogen) atoms. The molecule has 1 N–H and O–H groups in total. The van der Waals surface area contributed by atoms with Crippen LogP contribution in [-0.4, -0.2) is 56.5 Å². The summed E-state index contributed by atoms with van der Waals surface area (Å²) in [6.45, 7) is 12.9. The quantitative estimate of drug-likeness (QED) is 0.565. The fourth-order valence-electron chi connectivity index (χ4n) is 5.07. The van der Waals surface area contributed by atoms with E-state index in [1.165, 1.54) is 5.56 Å². The van der Waals surface area contributed by atoms with Gasteiger partial charge < -0.3 is 14.7 Å². The lowest BCUT2D eigenvalue weighted by Crippen LogP contribution is -2.63. The number of aromatic nitrogens is 4. The Hall–Kier alpha value is -2.77. The normalized spacial score (nSPS) is 17.6. The third-order valence-electron chi connectivity index (χ3n) is 6.77. The average Bonchev–Trinajstić information content (AvgIpc) is 3.09. The van der Waals surface area contributed by atoms with Crippen LogP contribution < -0.4 is 4.74 Å². The summed E-state index contributed by atoms with van der Waals surface area (Å²) in [5, 5.41) is 16.7. The first-order valence-corrected chi connectivity index (χ1v) is 11.6. The van der Waals surface area contributed by atoms with Gasteiger partial charge in [-0.1, -0.05) is 45.0 Å². The average molecular weight is 450 g/mol. The summed E-state index contributed by atoms with van der Waals surface area (Å²) in [5.41, 5.74) is 1.37. The van der Waals surface area contributed by atoms with Gasteiger partial charge in [0.1, 0.15) is 29.6 Å². The second-order valence-electron chi connectivity index (χ2n) is 9.91. The molecule has 4 rings (SSSR count). The Morgan fingerprint density at radius 2 is 1.82 bits per heavy atom. The highest BCUT2D eigenvalue weighted by atomic mass is 16.5. The minimum atomic E-state index is -1.18. The van der Waals surface area contributed by atoms with E-state index in [9.17, 15) is 5.11 Å². The topological polar surface area (TPSA) is 76.3 Å². The van der Waals surface area contributed by atoms with E-state index in [0.717, 1.165) is 35.9 Å². The summed E-state index contributed by atoms with van der Waals surface area (Å²) >= 11 is 0. The summed E-state index contributed by atoms with van der Waals surface area (Å²) in [7, 11) is 2.08. The third-order valence-corrected chi connectivity index (χ3v) is 6.77. The molecule has 1 saturated heterocycles. The van der Waals surface area contributed by atoms with Gasteiger partial charge in [0.15, 0.2) is 0 Å². The smallest absolute Gasteiger partial charge is 0.147 e. The number of hydrogen-bond acceptors (Lipinski definition) is 6. The largest absolute Gasteiger partial charge is 0.490 e. The van der Waals surface area contributed by atoms with E-state index in [2.05, 4.69) is 72.1 Å². The predicted molar refractivity (Wildman–Crippen MR) is 128 cm³/mol. The van der Waals surface area contributed by atoms with Crippen molar-refractivity contribution in [1.82, 2.24) is 24.6 Å². The first kappa shape index (κ1) is 23.4. The summed E-state index contributed by atoms with van der Waals surface area (Å²) in [4.78, 5) is 11.0. The van der Waals surface area contributed by atoms with Crippen LogP contribution in [0.4, 0.5) is 0 Å². The monoisotopic (exact) mass is 449 g/mol. The fourth-order valence-corrected chi connectivity index (χ4v) is 5.07. The van der Waals surface area contributed by atoms with Crippen molar-refractivity contribution in [3.8, 4) is 5.75 Å². The Bertz CT molecular complexity index is 1100. The molecule has 3 heterocycles. The molecule has 176 valence electrons. The lowest BCUT2D eigenvalue weighted by atomic mass is 9.62. The van der Waals surface area contributed by atoms with Crippen molar-refractivity contribution in [2.45, 2.75) is 52.7 Å². The van der Waals surface area contributed by atoms with Crippen LogP contribution in [0.1, 0.15) is 55.0 Å². The number of hydrogen-bond donors (Lipinski definition) is 1. The van der Waals surface area contributed by atoms with Gasteiger partial charge in [-0.25, -0.2) is 9.67 Å². The lowest BCUT2D eigenvalue weighted by Gasteiger charge is -2.55. The van der Waals surface area contributed by atoms with Crippen molar-refractivity contribution in [2.24, 2.45) is 5.41 Å². The highest BCUT2D eigenvalue weighted by molar-refractivity contribution is 5.42. The van der Waals surface area contributed by atoms with Gasteiger partial charge in [0.05, 0.1) is 12.7 Å². The van der Waals surface area contributed by atoms with E-state index in [1.54, 1.807) is 12.4 Å². The second kappa shape index (κ2) is 8.88. The number of rotatable bonds is 8. The van der Waals surface area contributed by atoms with Gasteiger partial charge in [-0.3, -0.25) is 4.98 Å². The second-order valence-corrected chi connectivity index (χ2v) is 9.91. The molecule has 0 radical (unpaired) electrons. The Labute approximate surface area is 196 Å². The predicted octanol–water partition coefficient (Wildman–Crippen LogP) is 3.68. The Morgan fingerprint density at radius 3 is 2.39 bits per heavy atom. The van der Waals surface area contributed by atoms with E-state index in [-0.39, 0.29) is 5.41 Å². The molecular formula is C26H35N5O2. The molecule has 0 spiro atoms. The number of pyridine rings is 1. The first-order valence-electron chi connectivity index (χ1n) is 11.6. The highest BCUT2D eigenvalue weighted by Gasteiger charge is 2.55.